The van der Waals surface area contributed by atoms with E-state index in [9.17, 15) is 14.4 Å². The van der Waals surface area contributed by atoms with Gasteiger partial charge in [0, 0.05) is 25.2 Å². The van der Waals surface area contributed by atoms with E-state index in [4.69, 9.17) is 0 Å². The van der Waals surface area contributed by atoms with Gasteiger partial charge in [-0.25, -0.2) is 10.1 Å². The predicted molar refractivity (Wildman–Crippen MR) is 65.8 cm³/mol. The maximum absolute atomic E-state index is 11.7. The van der Waals surface area contributed by atoms with Gasteiger partial charge in [-0.2, -0.15) is 5.10 Å². The zero-order chi connectivity index (χ0) is 13.7. The van der Waals surface area contributed by atoms with Gasteiger partial charge in [0.05, 0.1) is 6.54 Å². The predicted octanol–water partition coefficient (Wildman–Crippen LogP) is -1.86. The van der Waals surface area contributed by atoms with Crippen LogP contribution in [0.25, 0.3) is 0 Å². The number of carbonyl (C=O) groups is 2. The van der Waals surface area contributed by atoms with Crippen molar-refractivity contribution < 1.29 is 9.59 Å². The molecule has 0 aliphatic carbocycles. The van der Waals surface area contributed by atoms with Crippen LogP contribution in [-0.2, 0) is 16.1 Å². The third-order valence-electron chi connectivity index (χ3n) is 2.77. The van der Waals surface area contributed by atoms with Crippen LogP contribution in [0.1, 0.15) is 12.8 Å². The van der Waals surface area contributed by atoms with E-state index in [1.807, 2.05) is 0 Å². The van der Waals surface area contributed by atoms with Crippen LogP contribution in [0.2, 0.25) is 0 Å². The lowest BCUT2D eigenvalue weighted by atomic mass is 10.1. The van der Waals surface area contributed by atoms with Crippen LogP contribution in [0.4, 0.5) is 0 Å². The van der Waals surface area contributed by atoms with Gasteiger partial charge in [0.2, 0.25) is 11.8 Å². The van der Waals surface area contributed by atoms with Crippen molar-refractivity contribution in [1.82, 2.24) is 25.9 Å². The number of nitrogens with one attached hydrogen (secondary N) is 3. The van der Waals surface area contributed by atoms with Crippen molar-refractivity contribution in [2.45, 2.75) is 25.4 Å². The average Bonchev–Trinajstić information content (AvgIpc) is 2.41. The summed E-state index contributed by atoms with van der Waals surface area (Å²) in [6.07, 6.45) is 2.30. The molecule has 0 saturated carbocycles. The average molecular weight is 265 g/mol. The molecule has 1 atom stereocenters. The van der Waals surface area contributed by atoms with Crippen LogP contribution in [0, 0.1) is 0 Å². The van der Waals surface area contributed by atoms with E-state index in [1.54, 1.807) is 6.07 Å². The summed E-state index contributed by atoms with van der Waals surface area (Å²) in [6.45, 7) is 0.617. The molecule has 3 N–H and O–H groups in total. The SMILES string of the molecule is O=C1CCC(C(=O)NCCn2ncccc2=O)NN1. The molecule has 1 aliphatic heterocycles. The Bertz CT molecular complexity index is 517. The lowest BCUT2D eigenvalue weighted by Gasteiger charge is -2.22. The highest BCUT2D eigenvalue weighted by atomic mass is 16.2. The summed E-state index contributed by atoms with van der Waals surface area (Å²) in [5.41, 5.74) is 4.84. The van der Waals surface area contributed by atoms with Crippen molar-refractivity contribution in [2.24, 2.45) is 0 Å². The quantitative estimate of drug-likeness (QED) is 0.592. The van der Waals surface area contributed by atoms with E-state index in [0.29, 0.717) is 25.9 Å². The lowest BCUT2D eigenvalue weighted by molar-refractivity contribution is -0.128. The van der Waals surface area contributed by atoms with Crippen molar-refractivity contribution >= 4 is 11.8 Å². The smallest absolute Gasteiger partial charge is 0.266 e. The Kier molecular flexibility index (Phi) is 4.24. The summed E-state index contributed by atoms with van der Waals surface area (Å²) in [7, 11) is 0. The van der Waals surface area contributed by atoms with Gasteiger partial charge in [0.25, 0.3) is 5.56 Å². The summed E-state index contributed by atoms with van der Waals surface area (Å²) in [5, 5.41) is 6.57. The largest absolute Gasteiger partial charge is 0.353 e. The van der Waals surface area contributed by atoms with Gasteiger partial charge in [-0.15, -0.1) is 0 Å². The summed E-state index contributed by atoms with van der Waals surface area (Å²) in [6, 6.07) is 2.54. The number of nitrogens with zero attached hydrogens (tertiary/aromatic N) is 2. The Hall–Kier alpha value is -2.22. The molecular weight excluding hydrogens is 250 g/mol. The number of aromatic nitrogens is 2. The van der Waals surface area contributed by atoms with Gasteiger partial charge in [0.1, 0.15) is 6.04 Å². The van der Waals surface area contributed by atoms with E-state index >= 15 is 0 Å². The van der Waals surface area contributed by atoms with E-state index in [0.717, 1.165) is 0 Å². The zero-order valence-corrected chi connectivity index (χ0v) is 10.3. The molecule has 1 saturated heterocycles. The van der Waals surface area contributed by atoms with Gasteiger partial charge in [-0.05, 0) is 12.5 Å². The Balaban J connectivity index is 1.77. The van der Waals surface area contributed by atoms with Crippen LogP contribution in [0.3, 0.4) is 0 Å². The molecule has 0 aromatic carbocycles. The van der Waals surface area contributed by atoms with Gasteiger partial charge < -0.3 is 5.32 Å². The fraction of sp³-hybridized carbons (Fsp3) is 0.455. The second-order valence-corrected chi connectivity index (χ2v) is 4.16. The molecular formula is C11H15N5O3. The Labute approximate surface area is 109 Å². The molecule has 19 heavy (non-hydrogen) atoms. The van der Waals surface area contributed by atoms with Crippen LogP contribution in [0.15, 0.2) is 23.1 Å². The number of hydrazine groups is 1. The normalized spacial score (nSPS) is 18.7. The number of hydrogen-bond donors (Lipinski definition) is 3. The molecule has 1 fully saturated rings. The third kappa shape index (κ3) is 3.62. The Morgan fingerprint density at radius 3 is 3.05 bits per heavy atom. The minimum absolute atomic E-state index is 0.121. The second-order valence-electron chi connectivity index (χ2n) is 4.16. The maximum atomic E-state index is 11.7. The first-order valence-corrected chi connectivity index (χ1v) is 6.01. The number of carbonyl (C=O) groups excluding carboxylic acids is 2. The molecule has 0 radical (unpaired) electrons. The van der Waals surface area contributed by atoms with Gasteiger partial charge in [-0.1, -0.05) is 0 Å². The summed E-state index contributed by atoms with van der Waals surface area (Å²) in [4.78, 5) is 34.0. The van der Waals surface area contributed by atoms with Crippen LogP contribution in [0.5, 0.6) is 0 Å². The molecule has 2 rings (SSSR count). The standard InChI is InChI=1S/C11H15N5O3/c17-9-4-3-8(14-15-9)11(19)12-6-7-16-10(18)2-1-5-13-16/h1-2,5,8,14H,3-4,6-7H2,(H,12,19)(H,15,17). The van der Waals surface area contributed by atoms with Crippen LogP contribution in [-0.4, -0.2) is 34.2 Å². The van der Waals surface area contributed by atoms with Gasteiger partial charge >= 0.3 is 0 Å². The third-order valence-corrected chi connectivity index (χ3v) is 2.77. The van der Waals surface area contributed by atoms with Crippen LogP contribution >= 0.6 is 0 Å². The van der Waals surface area contributed by atoms with E-state index in [2.05, 4.69) is 21.3 Å². The molecule has 1 aromatic heterocycles. The first kappa shape index (κ1) is 13.2. The summed E-state index contributed by atoms with van der Waals surface area (Å²) in [5.74, 6) is -0.326. The fourth-order valence-electron chi connectivity index (χ4n) is 1.74. The molecule has 0 spiro atoms. The first-order chi connectivity index (χ1) is 9.16. The highest BCUT2D eigenvalue weighted by Gasteiger charge is 2.23. The lowest BCUT2D eigenvalue weighted by Crippen LogP contribution is -2.55. The van der Waals surface area contributed by atoms with E-state index in [-0.39, 0.29) is 17.4 Å². The number of rotatable bonds is 4. The van der Waals surface area contributed by atoms with E-state index in [1.165, 1.54) is 16.9 Å². The fourth-order valence-corrected chi connectivity index (χ4v) is 1.74. The number of hydrogen-bond acceptors (Lipinski definition) is 5. The highest BCUT2D eigenvalue weighted by molar-refractivity contribution is 5.85. The molecule has 2 amide bonds. The van der Waals surface area contributed by atoms with Crippen molar-refractivity contribution in [3.05, 3.63) is 28.7 Å². The van der Waals surface area contributed by atoms with Crippen molar-refractivity contribution in [1.29, 1.82) is 0 Å². The number of amides is 2. The first-order valence-electron chi connectivity index (χ1n) is 6.01. The minimum Gasteiger partial charge on any atom is -0.353 e. The molecule has 1 unspecified atom stereocenters. The zero-order valence-electron chi connectivity index (χ0n) is 10.3. The molecule has 102 valence electrons. The Morgan fingerprint density at radius 2 is 2.37 bits per heavy atom. The van der Waals surface area contributed by atoms with Gasteiger partial charge in [0.15, 0.2) is 0 Å². The molecule has 1 aromatic rings. The topological polar surface area (TPSA) is 105 Å². The van der Waals surface area contributed by atoms with Crippen molar-refractivity contribution in [3.63, 3.8) is 0 Å². The highest BCUT2D eigenvalue weighted by Crippen LogP contribution is 2.01. The second kappa shape index (κ2) is 6.10. The minimum atomic E-state index is -0.432. The van der Waals surface area contributed by atoms with E-state index < -0.39 is 6.04 Å². The molecule has 8 nitrogen and oxygen atoms in total. The molecule has 1 aliphatic rings. The van der Waals surface area contributed by atoms with Crippen LogP contribution < -0.4 is 21.7 Å². The van der Waals surface area contributed by atoms with Crippen molar-refractivity contribution in [3.8, 4) is 0 Å². The summed E-state index contributed by atoms with van der Waals surface area (Å²) >= 11 is 0. The molecule has 8 heteroatoms. The molecule has 0 bridgehead atoms. The maximum Gasteiger partial charge on any atom is 0.266 e. The Morgan fingerprint density at radius 1 is 1.53 bits per heavy atom. The monoisotopic (exact) mass is 265 g/mol. The van der Waals surface area contributed by atoms with Crippen molar-refractivity contribution in [2.75, 3.05) is 6.54 Å². The molecule has 2 heterocycles. The van der Waals surface area contributed by atoms with Gasteiger partial charge in [-0.3, -0.25) is 19.8 Å². The summed E-state index contributed by atoms with van der Waals surface area (Å²) < 4.78 is 1.27.